The number of allylic oxidation sites excluding steroid dienone is 1. The molecule has 1 saturated carbocycles. The van der Waals surface area contributed by atoms with E-state index in [9.17, 15) is 19.5 Å². The number of hydrogen-bond acceptors (Lipinski definition) is 7. The Balaban J connectivity index is 1.33. The van der Waals surface area contributed by atoms with Crippen LogP contribution < -0.4 is 5.32 Å². The predicted octanol–water partition coefficient (Wildman–Crippen LogP) is 4.68. The summed E-state index contributed by atoms with van der Waals surface area (Å²) in [5.41, 5.74) is 0.454. The van der Waals surface area contributed by atoms with Gasteiger partial charge < -0.3 is 29.7 Å². The van der Waals surface area contributed by atoms with Crippen molar-refractivity contribution in [1.29, 1.82) is 0 Å². The van der Waals surface area contributed by atoms with Gasteiger partial charge in [-0.25, -0.2) is 0 Å². The Morgan fingerprint density at radius 3 is 2.39 bits per heavy atom. The molecule has 1 aliphatic carbocycles. The first-order valence-corrected chi connectivity index (χ1v) is 18.5. The lowest BCUT2D eigenvalue weighted by Gasteiger charge is -2.42. The minimum absolute atomic E-state index is 0.0110. The zero-order valence-corrected chi connectivity index (χ0v) is 29.4. The average Bonchev–Trinajstić information content (AvgIpc) is 3.81. The first kappa shape index (κ1) is 36.5. The van der Waals surface area contributed by atoms with Crippen LogP contribution in [0.4, 0.5) is 0 Å². The quantitative estimate of drug-likeness (QED) is 0.193. The fourth-order valence-electron chi connectivity index (χ4n) is 8.95. The molecule has 7 atom stereocenters. The molecule has 51 heavy (non-hydrogen) atoms. The van der Waals surface area contributed by atoms with Crippen molar-refractivity contribution in [3.8, 4) is 0 Å². The van der Waals surface area contributed by atoms with Gasteiger partial charge in [-0.2, -0.15) is 0 Å². The second-order valence-electron chi connectivity index (χ2n) is 14.4. The van der Waals surface area contributed by atoms with Crippen LogP contribution in [-0.4, -0.2) is 88.2 Å². The zero-order chi connectivity index (χ0) is 36.0. The lowest BCUT2D eigenvalue weighted by Crippen LogP contribution is -2.60. The second kappa shape index (κ2) is 16.4. The van der Waals surface area contributed by atoms with Crippen molar-refractivity contribution in [2.75, 3.05) is 19.8 Å². The average molecular weight is 698 g/mol. The van der Waals surface area contributed by atoms with Crippen LogP contribution in [0.2, 0.25) is 0 Å². The van der Waals surface area contributed by atoms with Crippen LogP contribution in [0.5, 0.6) is 0 Å². The number of esters is 1. The molecule has 3 aliphatic heterocycles. The van der Waals surface area contributed by atoms with Crippen LogP contribution in [0.3, 0.4) is 0 Å². The Morgan fingerprint density at radius 2 is 1.73 bits per heavy atom. The van der Waals surface area contributed by atoms with Gasteiger partial charge in [0.15, 0.2) is 0 Å². The van der Waals surface area contributed by atoms with Gasteiger partial charge in [-0.15, -0.1) is 13.2 Å². The summed E-state index contributed by atoms with van der Waals surface area (Å²) in [6.07, 6.45) is 9.69. The summed E-state index contributed by atoms with van der Waals surface area (Å²) in [5.74, 6) is -3.13. The van der Waals surface area contributed by atoms with Crippen molar-refractivity contribution in [2.24, 2.45) is 11.8 Å². The van der Waals surface area contributed by atoms with Gasteiger partial charge >= 0.3 is 5.97 Å². The van der Waals surface area contributed by atoms with Crippen LogP contribution in [0.15, 0.2) is 86.0 Å². The Kier molecular flexibility index (Phi) is 11.7. The molecule has 0 unspecified atom stereocenters. The van der Waals surface area contributed by atoms with E-state index in [2.05, 4.69) is 18.5 Å². The maximum atomic E-state index is 15.0. The number of nitrogens with one attached hydrogen (secondary N) is 1. The molecule has 6 rings (SSSR count). The number of benzene rings is 2. The first-order chi connectivity index (χ1) is 24.8. The van der Waals surface area contributed by atoms with E-state index in [1.165, 1.54) is 0 Å². The molecule has 10 nitrogen and oxygen atoms in total. The molecule has 0 radical (unpaired) electrons. The van der Waals surface area contributed by atoms with Crippen LogP contribution in [0, 0.1) is 11.8 Å². The topological polar surface area (TPSA) is 125 Å². The third-order valence-electron chi connectivity index (χ3n) is 11.3. The number of nitrogens with zero attached hydrogens (tertiary/aromatic N) is 2. The molecule has 4 aliphatic rings. The summed E-state index contributed by atoms with van der Waals surface area (Å²) in [5, 5.41) is 14.0. The number of fused-ring (bicyclic) bond motifs is 1. The molecule has 10 heteroatoms. The molecule has 2 aromatic carbocycles. The fourth-order valence-corrected chi connectivity index (χ4v) is 8.95. The highest BCUT2D eigenvalue weighted by atomic mass is 16.5. The molecular formula is C41H51N3O7. The van der Waals surface area contributed by atoms with E-state index in [4.69, 9.17) is 9.47 Å². The normalized spacial score (nSPS) is 26.6. The number of aliphatic hydroxyl groups is 1. The standard InChI is InChI=1S/C41H51N3O7/c1-3-5-21-34(46)50-27-32(29-17-11-7-12-18-29)42-38(47)35-33-22-23-41(51-33)36(35)39(48)44(31(26-45)25-28-15-9-6-10-16-28)37(41)40(49)43(24-4-2)30-19-13-8-14-20-30/h3-4,6-7,9-12,15-18,30-33,35-37,45H,1-2,5,8,13-14,19-27H2,(H,42,47)/t31-,32-,33-,35+,36+,37-,41+/m1/s1. The van der Waals surface area contributed by atoms with Crippen LogP contribution in [0.1, 0.15) is 75.0 Å². The van der Waals surface area contributed by atoms with Crippen molar-refractivity contribution >= 4 is 23.7 Å². The maximum Gasteiger partial charge on any atom is 0.306 e. The smallest absolute Gasteiger partial charge is 0.306 e. The number of carbonyl (C=O) groups excluding carboxylic acids is 4. The molecule has 3 heterocycles. The molecule has 272 valence electrons. The highest BCUT2D eigenvalue weighted by Gasteiger charge is 2.75. The van der Waals surface area contributed by atoms with Gasteiger partial charge in [0.25, 0.3) is 0 Å². The Labute approximate surface area is 300 Å². The van der Waals surface area contributed by atoms with E-state index >= 15 is 4.79 Å². The van der Waals surface area contributed by atoms with Crippen LogP contribution in [0.25, 0.3) is 0 Å². The predicted molar refractivity (Wildman–Crippen MR) is 192 cm³/mol. The molecule has 3 saturated heterocycles. The van der Waals surface area contributed by atoms with Gasteiger partial charge in [0, 0.05) is 19.0 Å². The summed E-state index contributed by atoms with van der Waals surface area (Å²) < 4.78 is 12.3. The highest BCUT2D eigenvalue weighted by molar-refractivity contribution is 5.99. The number of rotatable bonds is 16. The summed E-state index contributed by atoms with van der Waals surface area (Å²) in [7, 11) is 0. The van der Waals surface area contributed by atoms with Crippen molar-refractivity contribution in [3.05, 3.63) is 97.1 Å². The minimum Gasteiger partial charge on any atom is -0.463 e. The molecule has 2 bridgehead atoms. The van der Waals surface area contributed by atoms with E-state index in [0.29, 0.717) is 32.2 Å². The third-order valence-corrected chi connectivity index (χ3v) is 11.3. The number of carbonyl (C=O) groups is 4. The summed E-state index contributed by atoms with van der Waals surface area (Å²) >= 11 is 0. The zero-order valence-electron chi connectivity index (χ0n) is 29.4. The monoisotopic (exact) mass is 697 g/mol. The van der Waals surface area contributed by atoms with Crippen LogP contribution in [-0.2, 0) is 35.1 Å². The van der Waals surface area contributed by atoms with Gasteiger partial charge in [-0.1, -0.05) is 92.1 Å². The van der Waals surface area contributed by atoms with Crippen molar-refractivity contribution in [3.63, 3.8) is 0 Å². The number of aliphatic hydroxyl groups excluding tert-OH is 1. The molecule has 2 N–H and O–H groups in total. The van der Waals surface area contributed by atoms with Crippen molar-refractivity contribution in [1.82, 2.24) is 15.1 Å². The second-order valence-corrected chi connectivity index (χ2v) is 14.4. The van der Waals surface area contributed by atoms with Crippen molar-refractivity contribution < 1.29 is 33.8 Å². The van der Waals surface area contributed by atoms with Crippen LogP contribution >= 0.6 is 0 Å². The van der Waals surface area contributed by atoms with E-state index in [1.807, 2.05) is 65.6 Å². The number of amides is 3. The van der Waals surface area contributed by atoms with E-state index in [0.717, 1.165) is 43.2 Å². The van der Waals surface area contributed by atoms with Gasteiger partial charge in [0.05, 0.1) is 36.6 Å². The van der Waals surface area contributed by atoms with E-state index < -0.39 is 47.6 Å². The molecule has 0 aromatic heterocycles. The number of likely N-dealkylation sites (tertiary alicyclic amines) is 1. The highest BCUT2D eigenvalue weighted by Crippen LogP contribution is 2.59. The Morgan fingerprint density at radius 1 is 1.02 bits per heavy atom. The molecular weight excluding hydrogens is 646 g/mol. The van der Waals surface area contributed by atoms with Gasteiger partial charge in [-0.3, -0.25) is 19.2 Å². The van der Waals surface area contributed by atoms with Gasteiger partial charge in [-0.05, 0) is 49.7 Å². The number of ether oxygens (including phenoxy) is 2. The van der Waals surface area contributed by atoms with Gasteiger partial charge in [0.2, 0.25) is 17.7 Å². The number of hydrogen-bond donors (Lipinski definition) is 2. The molecule has 1 spiro atoms. The largest absolute Gasteiger partial charge is 0.463 e. The van der Waals surface area contributed by atoms with E-state index in [1.54, 1.807) is 17.1 Å². The van der Waals surface area contributed by atoms with E-state index in [-0.39, 0.29) is 43.4 Å². The maximum absolute atomic E-state index is 15.0. The summed E-state index contributed by atoms with van der Waals surface area (Å²) in [4.78, 5) is 60.2. The lowest BCUT2D eigenvalue weighted by atomic mass is 9.70. The lowest BCUT2D eigenvalue weighted by molar-refractivity contribution is -0.153. The SMILES string of the molecule is C=CCCC(=O)OC[C@@H](NC(=O)[C@@H]1[C@H]2C(=O)N([C@@H](CO)Cc3ccccc3)[C@H](C(=O)N(CC=C)C3CCCCC3)[C@]23CC[C@H]1O3)c1ccccc1. The van der Waals surface area contributed by atoms with Gasteiger partial charge in [0.1, 0.15) is 18.2 Å². The Hall–Kier alpha value is -4.28. The summed E-state index contributed by atoms with van der Waals surface area (Å²) in [6, 6.07) is 16.5. The first-order valence-electron chi connectivity index (χ1n) is 18.5. The fraction of sp³-hybridized carbons (Fsp3) is 0.512. The third kappa shape index (κ3) is 7.39. The summed E-state index contributed by atoms with van der Waals surface area (Å²) in [6.45, 7) is 7.51. The Bertz CT molecular complexity index is 1560. The molecule has 4 fully saturated rings. The molecule has 2 aromatic rings. The molecule has 3 amide bonds. The minimum atomic E-state index is -1.22. The van der Waals surface area contributed by atoms with Crippen molar-refractivity contribution in [2.45, 2.75) is 100 Å².